The molecule has 3 heteroatoms. The highest BCUT2D eigenvalue weighted by Crippen LogP contribution is 1.99. The highest BCUT2D eigenvalue weighted by Gasteiger charge is 2.00. The van der Waals surface area contributed by atoms with Crippen LogP contribution in [-0.2, 0) is 6.54 Å². The van der Waals surface area contributed by atoms with Gasteiger partial charge in [-0.25, -0.2) is 4.68 Å². The molecule has 0 aliphatic carbocycles. The van der Waals surface area contributed by atoms with Gasteiger partial charge in [0.15, 0.2) is 0 Å². The van der Waals surface area contributed by atoms with Crippen LogP contribution in [0.15, 0.2) is 47.4 Å². The Morgan fingerprint density at radius 1 is 1.20 bits per heavy atom. The fraction of sp³-hybridized carbons (Fsp3) is 0.167. The lowest BCUT2D eigenvalue weighted by atomic mass is 10.2. The first kappa shape index (κ1) is 9.65. The number of rotatable bonds is 2. The largest absolute Gasteiger partial charge is 0.269 e. The Balaban J connectivity index is 2.33. The Morgan fingerprint density at radius 2 is 1.93 bits per heavy atom. The molecular weight excluding hydrogens is 188 g/mol. The lowest BCUT2D eigenvalue weighted by molar-refractivity contribution is 0.634. The topological polar surface area (TPSA) is 34.9 Å². The van der Waals surface area contributed by atoms with Crippen molar-refractivity contribution in [2.75, 3.05) is 0 Å². The third-order valence-corrected chi connectivity index (χ3v) is 2.28. The van der Waals surface area contributed by atoms with Gasteiger partial charge in [0.05, 0.1) is 6.54 Å². The number of aryl methyl sites for hydroxylation is 1. The van der Waals surface area contributed by atoms with Crippen molar-refractivity contribution in [3.8, 4) is 0 Å². The third-order valence-electron chi connectivity index (χ3n) is 2.28. The Morgan fingerprint density at radius 3 is 2.67 bits per heavy atom. The molecule has 0 fully saturated rings. The zero-order valence-electron chi connectivity index (χ0n) is 8.55. The van der Waals surface area contributed by atoms with Crippen molar-refractivity contribution in [3.05, 3.63) is 64.1 Å². The lowest BCUT2D eigenvalue weighted by Gasteiger charge is -2.04. The summed E-state index contributed by atoms with van der Waals surface area (Å²) in [5.74, 6) is 0. The molecule has 2 aromatic rings. The van der Waals surface area contributed by atoms with Crippen molar-refractivity contribution in [2.24, 2.45) is 0 Å². The number of hydrogen-bond acceptors (Lipinski definition) is 2. The average Bonchev–Trinajstić information content (AvgIpc) is 2.26. The molecule has 0 atom stereocenters. The van der Waals surface area contributed by atoms with E-state index in [0.717, 1.165) is 11.1 Å². The second-order valence-electron chi connectivity index (χ2n) is 3.46. The van der Waals surface area contributed by atoms with E-state index in [1.165, 1.54) is 4.68 Å². The molecule has 0 aliphatic heterocycles. The standard InChI is InChI=1S/C12H12N2O/c1-10-7-8-13-14(12(10)15)9-11-5-3-2-4-6-11/h2-8H,9H2,1H3. The first-order chi connectivity index (χ1) is 7.27. The Kier molecular flexibility index (Phi) is 2.63. The van der Waals surface area contributed by atoms with Gasteiger partial charge in [-0.15, -0.1) is 0 Å². The van der Waals surface area contributed by atoms with Crippen molar-refractivity contribution in [1.29, 1.82) is 0 Å². The minimum absolute atomic E-state index is 0.0265. The minimum atomic E-state index is -0.0265. The molecule has 0 amide bonds. The molecule has 1 heterocycles. The normalized spacial score (nSPS) is 10.2. The molecule has 0 saturated carbocycles. The molecule has 2 rings (SSSR count). The SMILES string of the molecule is Cc1ccnn(Cc2ccccc2)c1=O. The molecule has 1 aromatic heterocycles. The van der Waals surface area contributed by atoms with Gasteiger partial charge in [-0.3, -0.25) is 4.79 Å². The van der Waals surface area contributed by atoms with Gasteiger partial charge in [-0.1, -0.05) is 30.3 Å². The van der Waals surface area contributed by atoms with E-state index in [-0.39, 0.29) is 5.56 Å². The van der Waals surface area contributed by atoms with E-state index in [1.54, 1.807) is 19.2 Å². The molecule has 0 spiro atoms. The third kappa shape index (κ3) is 2.13. The van der Waals surface area contributed by atoms with Gasteiger partial charge in [-0.2, -0.15) is 5.10 Å². The molecule has 15 heavy (non-hydrogen) atoms. The molecule has 0 N–H and O–H groups in total. The van der Waals surface area contributed by atoms with Gasteiger partial charge in [0.2, 0.25) is 0 Å². The Bertz CT molecular complexity index is 503. The monoisotopic (exact) mass is 200 g/mol. The van der Waals surface area contributed by atoms with Gasteiger partial charge >= 0.3 is 0 Å². The van der Waals surface area contributed by atoms with E-state index in [9.17, 15) is 4.79 Å². The van der Waals surface area contributed by atoms with Crippen LogP contribution in [0.3, 0.4) is 0 Å². The molecule has 0 bridgehead atoms. The summed E-state index contributed by atoms with van der Waals surface area (Å²) < 4.78 is 1.48. The molecule has 0 radical (unpaired) electrons. The molecule has 0 aliphatic rings. The summed E-state index contributed by atoms with van der Waals surface area (Å²) in [5, 5.41) is 4.04. The molecule has 0 saturated heterocycles. The molecule has 1 aromatic carbocycles. The fourth-order valence-corrected chi connectivity index (χ4v) is 1.42. The Hall–Kier alpha value is -1.90. The van der Waals surface area contributed by atoms with Gasteiger partial charge in [-0.05, 0) is 18.6 Å². The summed E-state index contributed by atoms with van der Waals surface area (Å²) in [7, 11) is 0. The zero-order valence-corrected chi connectivity index (χ0v) is 8.55. The summed E-state index contributed by atoms with van der Waals surface area (Å²) in [6.07, 6.45) is 1.65. The second-order valence-corrected chi connectivity index (χ2v) is 3.46. The summed E-state index contributed by atoms with van der Waals surface area (Å²) in [5.41, 5.74) is 1.78. The fourth-order valence-electron chi connectivity index (χ4n) is 1.42. The summed E-state index contributed by atoms with van der Waals surface area (Å²) >= 11 is 0. The molecule has 76 valence electrons. The molecular formula is C12H12N2O. The lowest BCUT2D eigenvalue weighted by Crippen LogP contribution is -2.24. The maximum absolute atomic E-state index is 11.7. The maximum Gasteiger partial charge on any atom is 0.269 e. The van der Waals surface area contributed by atoms with Crippen LogP contribution in [0.5, 0.6) is 0 Å². The van der Waals surface area contributed by atoms with E-state index in [2.05, 4.69) is 5.10 Å². The van der Waals surface area contributed by atoms with Crippen molar-refractivity contribution in [3.63, 3.8) is 0 Å². The van der Waals surface area contributed by atoms with Crippen LogP contribution < -0.4 is 5.56 Å². The first-order valence-electron chi connectivity index (χ1n) is 4.84. The smallest absolute Gasteiger partial charge is 0.268 e. The van der Waals surface area contributed by atoms with Crippen LogP contribution in [0.4, 0.5) is 0 Å². The molecule has 3 nitrogen and oxygen atoms in total. The van der Waals surface area contributed by atoms with Crippen molar-refractivity contribution >= 4 is 0 Å². The number of nitrogens with zero attached hydrogens (tertiary/aromatic N) is 2. The van der Waals surface area contributed by atoms with Crippen LogP contribution in [0.2, 0.25) is 0 Å². The predicted molar refractivity (Wildman–Crippen MR) is 58.8 cm³/mol. The average molecular weight is 200 g/mol. The number of benzene rings is 1. The summed E-state index contributed by atoms with van der Waals surface area (Å²) in [6, 6.07) is 11.6. The van der Waals surface area contributed by atoms with Crippen LogP contribution in [-0.4, -0.2) is 9.78 Å². The summed E-state index contributed by atoms with van der Waals surface area (Å²) in [4.78, 5) is 11.7. The number of aromatic nitrogens is 2. The minimum Gasteiger partial charge on any atom is -0.268 e. The van der Waals surface area contributed by atoms with Crippen LogP contribution in [0, 0.1) is 6.92 Å². The Labute approximate surface area is 88.0 Å². The number of hydrogen-bond donors (Lipinski definition) is 0. The van der Waals surface area contributed by atoms with Crippen LogP contribution >= 0.6 is 0 Å². The van der Waals surface area contributed by atoms with Crippen LogP contribution in [0.1, 0.15) is 11.1 Å². The van der Waals surface area contributed by atoms with E-state index in [1.807, 2.05) is 30.3 Å². The van der Waals surface area contributed by atoms with E-state index < -0.39 is 0 Å². The summed E-state index contributed by atoms with van der Waals surface area (Å²) in [6.45, 7) is 2.33. The van der Waals surface area contributed by atoms with Crippen LogP contribution in [0.25, 0.3) is 0 Å². The molecule has 0 unspecified atom stereocenters. The van der Waals surface area contributed by atoms with Gasteiger partial charge in [0.1, 0.15) is 0 Å². The van der Waals surface area contributed by atoms with Gasteiger partial charge in [0.25, 0.3) is 5.56 Å². The quantitative estimate of drug-likeness (QED) is 0.738. The van der Waals surface area contributed by atoms with Crippen molar-refractivity contribution < 1.29 is 0 Å². The van der Waals surface area contributed by atoms with Crippen molar-refractivity contribution in [2.45, 2.75) is 13.5 Å². The van der Waals surface area contributed by atoms with Gasteiger partial charge < -0.3 is 0 Å². The predicted octanol–water partition coefficient (Wildman–Crippen LogP) is 1.60. The first-order valence-corrected chi connectivity index (χ1v) is 4.84. The maximum atomic E-state index is 11.7. The highest BCUT2D eigenvalue weighted by atomic mass is 16.1. The second kappa shape index (κ2) is 4.09. The zero-order chi connectivity index (χ0) is 10.7. The highest BCUT2D eigenvalue weighted by molar-refractivity contribution is 5.15. The van der Waals surface area contributed by atoms with E-state index in [0.29, 0.717) is 6.54 Å². The van der Waals surface area contributed by atoms with E-state index >= 15 is 0 Å². The van der Waals surface area contributed by atoms with Crippen molar-refractivity contribution in [1.82, 2.24) is 9.78 Å². The van der Waals surface area contributed by atoms with Gasteiger partial charge in [0, 0.05) is 11.8 Å². The van der Waals surface area contributed by atoms with E-state index in [4.69, 9.17) is 0 Å².